The number of aryl methyl sites for hydroxylation is 1. The van der Waals surface area contributed by atoms with Gasteiger partial charge in [0.25, 0.3) is 5.56 Å². The number of hydrogen-bond donors (Lipinski definition) is 2. The zero-order chi connectivity index (χ0) is 17.4. The van der Waals surface area contributed by atoms with Crippen molar-refractivity contribution in [3.05, 3.63) is 68.4 Å². The monoisotopic (exact) mass is 352 g/mol. The van der Waals surface area contributed by atoms with Crippen molar-refractivity contribution in [2.75, 3.05) is 12.3 Å². The van der Waals surface area contributed by atoms with Crippen LogP contribution in [0.3, 0.4) is 0 Å². The number of nitrogen functional groups attached to an aromatic ring is 1. The second-order valence-electron chi connectivity index (χ2n) is 6.47. The Bertz CT molecular complexity index is 958. The molecule has 3 aromatic rings. The fraction of sp³-hybridized carbons (Fsp3) is 0.263. The molecular weight excluding hydrogens is 332 g/mol. The SMILES string of the molecule is Cc1ccc(-c2ccc(CN3CCc4nc(N)[nH]c(=O)c4C3)s2)cc1. The van der Waals surface area contributed by atoms with Crippen LogP contribution in [0.15, 0.2) is 41.2 Å². The molecule has 0 amide bonds. The van der Waals surface area contributed by atoms with E-state index in [9.17, 15) is 4.79 Å². The van der Waals surface area contributed by atoms with Gasteiger partial charge in [-0.25, -0.2) is 4.98 Å². The lowest BCUT2D eigenvalue weighted by Gasteiger charge is -2.26. The van der Waals surface area contributed by atoms with Crippen LogP contribution in [0.5, 0.6) is 0 Å². The molecule has 3 N–H and O–H groups in total. The molecule has 128 valence electrons. The van der Waals surface area contributed by atoms with Crippen LogP contribution in [-0.4, -0.2) is 21.4 Å². The second kappa shape index (κ2) is 6.46. The molecule has 0 spiro atoms. The molecule has 0 atom stereocenters. The molecule has 0 saturated heterocycles. The smallest absolute Gasteiger partial charge is 0.257 e. The number of benzene rings is 1. The molecule has 0 fully saturated rings. The van der Waals surface area contributed by atoms with E-state index in [1.807, 2.05) is 11.3 Å². The van der Waals surface area contributed by atoms with Crippen molar-refractivity contribution >= 4 is 17.3 Å². The number of rotatable bonds is 3. The zero-order valence-corrected chi connectivity index (χ0v) is 14.9. The Morgan fingerprint density at radius 3 is 2.84 bits per heavy atom. The van der Waals surface area contributed by atoms with Crippen LogP contribution in [0.2, 0.25) is 0 Å². The van der Waals surface area contributed by atoms with Gasteiger partial charge in [0.1, 0.15) is 0 Å². The number of aromatic amines is 1. The van der Waals surface area contributed by atoms with Gasteiger partial charge in [0.2, 0.25) is 5.95 Å². The minimum Gasteiger partial charge on any atom is -0.369 e. The topological polar surface area (TPSA) is 75.0 Å². The van der Waals surface area contributed by atoms with Gasteiger partial charge in [-0.3, -0.25) is 14.7 Å². The molecular formula is C19H20N4OS. The van der Waals surface area contributed by atoms with Crippen LogP contribution in [0.1, 0.15) is 21.7 Å². The first-order valence-corrected chi connectivity index (χ1v) is 9.16. The van der Waals surface area contributed by atoms with Gasteiger partial charge in [0.05, 0.1) is 11.3 Å². The van der Waals surface area contributed by atoms with Crippen molar-refractivity contribution in [3.63, 3.8) is 0 Å². The quantitative estimate of drug-likeness (QED) is 0.760. The summed E-state index contributed by atoms with van der Waals surface area (Å²) in [5.74, 6) is 0.207. The average Bonchev–Trinajstić information content (AvgIpc) is 3.04. The minimum absolute atomic E-state index is 0.112. The number of fused-ring (bicyclic) bond motifs is 1. The lowest BCUT2D eigenvalue weighted by molar-refractivity contribution is 0.244. The molecule has 1 aromatic carbocycles. The van der Waals surface area contributed by atoms with Crippen LogP contribution in [0.4, 0.5) is 5.95 Å². The van der Waals surface area contributed by atoms with Gasteiger partial charge in [-0.05, 0) is 24.6 Å². The standard InChI is InChI=1S/C19H20N4OS/c1-12-2-4-13(5-3-12)17-7-6-14(25-17)10-23-9-8-16-15(11-23)18(24)22-19(20)21-16/h2-7H,8-11H2,1H3,(H3,20,21,22,24). The molecule has 0 radical (unpaired) electrons. The highest BCUT2D eigenvalue weighted by molar-refractivity contribution is 7.15. The molecule has 0 saturated carbocycles. The Labute approximate surface area is 150 Å². The van der Waals surface area contributed by atoms with Crippen molar-refractivity contribution in [3.8, 4) is 10.4 Å². The van der Waals surface area contributed by atoms with E-state index in [2.05, 4.69) is 58.2 Å². The first-order chi connectivity index (χ1) is 12.1. The van der Waals surface area contributed by atoms with Crippen LogP contribution in [0, 0.1) is 6.92 Å². The maximum Gasteiger partial charge on any atom is 0.257 e. The summed E-state index contributed by atoms with van der Waals surface area (Å²) in [6, 6.07) is 13.0. The maximum absolute atomic E-state index is 12.1. The van der Waals surface area contributed by atoms with E-state index in [4.69, 9.17) is 5.73 Å². The van der Waals surface area contributed by atoms with Gasteiger partial charge in [-0.2, -0.15) is 0 Å². The van der Waals surface area contributed by atoms with Crippen molar-refractivity contribution in [2.45, 2.75) is 26.4 Å². The largest absolute Gasteiger partial charge is 0.369 e. The normalized spacial score (nSPS) is 14.4. The third kappa shape index (κ3) is 3.36. The van der Waals surface area contributed by atoms with Gasteiger partial charge in [-0.15, -0.1) is 11.3 Å². The number of nitrogens with one attached hydrogen (secondary N) is 1. The van der Waals surface area contributed by atoms with Crippen molar-refractivity contribution in [2.24, 2.45) is 0 Å². The molecule has 1 aliphatic heterocycles. The lowest BCUT2D eigenvalue weighted by Crippen LogP contribution is -2.35. The van der Waals surface area contributed by atoms with Crippen LogP contribution < -0.4 is 11.3 Å². The predicted octanol–water partition coefficient (Wildman–Crippen LogP) is 2.95. The van der Waals surface area contributed by atoms with Gasteiger partial charge in [0, 0.05) is 35.8 Å². The zero-order valence-electron chi connectivity index (χ0n) is 14.1. The second-order valence-corrected chi connectivity index (χ2v) is 7.64. The Hall–Kier alpha value is -2.44. The van der Waals surface area contributed by atoms with E-state index >= 15 is 0 Å². The van der Waals surface area contributed by atoms with E-state index in [1.165, 1.54) is 20.9 Å². The summed E-state index contributed by atoms with van der Waals surface area (Å²) in [6.07, 6.45) is 0.764. The maximum atomic E-state index is 12.1. The van der Waals surface area contributed by atoms with E-state index in [0.717, 1.165) is 30.8 Å². The van der Waals surface area contributed by atoms with E-state index in [-0.39, 0.29) is 11.5 Å². The number of thiophene rings is 1. The highest BCUT2D eigenvalue weighted by atomic mass is 32.1. The summed E-state index contributed by atoms with van der Waals surface area (Å²) >= 11 is 1.81. The number of H-pyrrole nitrogens is 1. The molecule has 0 aliphatic carbocycles. The highest BCUT2D eigenvalue weighted by Crippen LogP contribution is 2.29. The summed E-state index contributed by atoms with van der Waals surface area (Å²) in [7, 11) is 0. The Kier molecular flexibility index (Phi) is 4.15. The molecule has 4 rings (SSSR count). The third-order valence-electron chi connectivity index (χ3n) is 4.54. The first-order valence-electron chi connectivity index (χ1n) is 8.34. The van der Waals surface area contributed by atoms with Crippen molar-refractivity contribution in [1.82, 2.24) is 14.9 Å². The first kappa shape index (κ1) is 16.1. The van der Waals surface area contributed by atoms with E-state index in [0.29, 0.717) is 6.54 Å². The lowest BCUT2D eigenvalue weighted by atomic mass is 10.1. The number of hydrogen-bond acceptors (Lipinski definition) is 5. The fourth-order valence-corrected chi connectivity index (χ4v) is 4.25. The Balaban J connectivity index is 1.50. The molecule has 0 unspecified atom stereocenters. The average molecular weight is 352 g/mol. The van der Waals surface area contributed by atoms with Gasteiger partial charge in [-0.1, -0.05) is 29.8 Å². The minimum atomic E-state index is -0.112. The summed E-state index contributed by atoms with van der Waals surface area (Å²) in [5.41, 5.74) is 9.62. The Morgan fingerprint density at radius 2 is 2.04 bits per heavy atom. The highest BCUT2D eigenvalue weighted by Gasteiger charge is 2.21. The predicted molar refractivity (Wildman–Crippen MR) is 102 cm³/mol. The van der Waals surface area contributed by atoms with Crippen LogP contribution in [-0.2, 0) is 19.5 Å². The van der Waals surface area contributed by atoms with E-state index in [1.54, 1.807) is 0 Å². The molecule has 2 aromatic heterocycles. The van der Waals surface area contributed by atoms with Crippen LogP contribution in [0.25, 0.3) is 10.4 Å². The summed E-state index contributed by atoms with van der Waals surface area (Å²) in [5, 5.41) is 0. The van der Waals surface area contributed by atoms with Gasteiger partial charge < -0.3 is 5.73 Å². The Morgan fingerprint density at radius 1 is 1.24 bits per heavy atom. The molecule has 5 nitrogen and oxygen atoms in total. The molecule has 0 bridgehead atoms. The van der Waals surface area contributed by atoms with Crippen molar-refractivity contribution in [1.29, 1.82) is 0 Å². The number of nitrogens with two attached hydrogens (primary N) is 1. The van der Waals surface area contributed by atoms with Gasteiger partial charge in [0.15, 0.2) is 0 Å². The molecule has 6 heteroatoms. The van der Waals surface area contributed by atoms with Gasteiger partial charge >= 0.3 is 0 Å². The van der Waals surface area contributed by atoms with E-state index < -0.39 is 0 Å². The van der Waals surface area contributed by atoms with Crippen molar-refractivity contribution < 1.29 is 0 Å². The third-order valence-corrected chi connectivity index (χ3v) is 5.66. The summed E-state index contributed by atoms with van der Waals surface area (Å²) in [6.45, 7) is 4.46. The molecule has 25 heavy (non-hydrogen) atoms. The molecule has 1 aliphatic rings. The number of nitrogens with zero attached hydrogens (tertiary/aromatic N) is 2. The number of aromatic nitrogens is 2. The van der Waals surface area contributed by atoms with Crippen LogP contribution >= 0.6 is 11.3 Å². The number of anilines is 1. The summed E-state index contributed by atoms with van der Waals surface area (Å²) < 4.78 is 0. The fourth-order valence-electron chi connectivity index (χ4n) is 3.19. The molecule has 3 heterocycles. The summed E-state index contributed by atoms with van der Waals surface area (Å²) in [4.78, 5) is 23.8.